The average Bonchev–Trinajstić information content (AvgIpc) is 3.28. The summed E-state index contributed by atoms with van der Waals surface area (Å²) in [6.07, 6.45) is 4.67. The molecule has 5 nitrogen and oxygen atoms in total. The van der Waals surface area contributed by atoms with Crippen molar-refractivity contribution in [2.24, 2.45) is 17.6 Å². The van der Waals surface area contributed by atoms with E-state index in [-0.39, 0.29) is 5.91 Å². The Bertz CT molecular complexity index is 405. The molecule has 0 aromatic carbocycles. The smallest absolute Gasteiger partial charge is 0.239 e. The van der Waals surface area contributed by atoms with Crippen LogP contribution in [-0.4, -0.2) is 67.1 Å². The van der Waals surface area contributed by atoms with E-state index in [4.69, 9.17) is 5.73 Å². The second-order valence-corrected chi connectivity index (χ2v) is 7.73. The Morgan fingerprint density at radius 1 is 1.29 bits per heavy atom. The molecule has 3 fully saturated rings. The van der Waals surface area contributed by atoms with Crippen molar-refractivity contribution in [3.8, 4) is 0 Å². The predicted molar refractivity (Wildman–Crippen MR) is 83.9 cm³/mol. The van der Waals surface area contributed by atoms with Crippen molar-refractivity contribution >= 4 is 5.91 Å². The predicted octanol–water partition coefficient (Wildman–Crippen LogP) is 0.254. The fourth-order valence-corrected chi connectivity index (χ4v) is 4.01. The molecule has 3 aliphatic rings. The van der Waals surface area contributed by atoms with Gasteiger partial charge in [0.05, 0.1) is 0 Å². The maximum atomic E-state index is 12.3. The van der Waals surface area contributed by atoms with Crippen molar-refractivity contribution in [2.45, 2.75) is 50.2 Å². The summed E-state index contributed by atoms with van der Waals surface area (Å²) in [6, 6.07) is 1.10. The number of nitrogens with one attached hydrogen (secondary N) is 1. The van der Waals surface area contributed by atoms with E-state index in [2.05, 4.69) is 36.1 Å². The summed E-state index contributed by atoms with van der Waals surface area (Å²) in [5.41, 5.74) is 5.37. The zero-order valence-electron chi connectivity index (χ0n) is 13.6. The van der Waals surface area contributed by atoms with E-state index in [0.717, 1.165) is 32.5 Å². The molecule has 3 atom stereocenters. The fourth-order valence-electron chi connectivity index (χ4n) is 4.01. The SMILES string of the molecule is CC1CN(CC(NC2CC2)(C(N)=O)C2CC2)CC1N(C)C. The van der Waals surface area contributed by atoms with Gasteiger partial charge in [-0.1, -0.05) is 6.92 Å². The molecule has 3 rings (SSSR count). The fraction of sp³-hybridized carbons (Fsp3) is 0.938. The molecule has 21 heavy (non-hydrogen) atoms. The first-order valence-corrected chi connectivity index (χ1v) is 8.39. The van der Waals surface area contributed by atoms with E-state index in [1.165, 1.54) is 12.8 Å². The first kappa shape index (κ1) is 15.3. The van der Waals surface area contributed by atoms with Crippen LogP contribution in [0.2, 0.25) is 0 Å². The second-order valence-electron chi connectivity index (χ2n) is 7.73. The molecule has 5 heteroatoms. The van der Waals surface area contributed by atoms with Gasteiger partial charge in [0, 0.05) is 31.7 Å². The summed E-state index contributed by atoms with van der Waals surface area (Å²) in [6.45, 7) is 5.21. The van der Waals surface area contributed by atoms with Crippen molar-refractivity contribution in [1.82, 2.24) is 15.1 Å². The van der Waals surface area contributed by atoms with Crippen molar-refractivity contribution in [2.75, 3.05) is 33.7 Å². The van der Waals surface area contributed by atoms with E-state index < -0.39 is 5.54 Å². The Morgan fingerprint density at radius 2 is 1.95 bits per heavy atom. The minimum Gasteiger partial charge on any atom is -0.368 e. The van der Waals surface area contributed by atoms with Crippen molar-refractivity contribution in [3.05, 3.63) is 0 Å². The molecular weight excluding hydrogens is 264 g/mol. The maximum Gasteiger partial charge on any atom is 0.239 e. The summed E-state index contributed by atoms with van der Waals surface area (Å²) < 4.78 is 0. The number of likely N-dealkylation sites (N-methyl/N-ethyl adjacent to an activating group) is 1. The summed E-state index contributed by atoms with van der Waals surface area (Å²) >= 11 is 0. The van der Waals surface area contributed by atoms with Crippen molar-refractivity contribution < 1.29 is 4.79 Å². The molecular formula is C16H30N4O. The zero-order chi connectivity index (χ0) is 15.2. The van der Waals surface area contributed by atoms with Gasteiger partial charge in [0.25, 0.3) is 0 Å². The molecule has 2 saturated carbocycles. The van der Waals surface area contributed by atoms with Gasteiger partial charge >= 0.3 is 0 Å². The number of carbonyl (C=O) groups excluding carboxylic acids is 1. The molecule has 3 N–H and O–H groups in total. The highest BCUT2D eigenvalue weighted by Crippen LogP contribution is 2.42. The Kier molecular flexibility index (Phi) is 4.01. The number of hydrogen-bond donors (Lipinski definition) is 2. The molecule has 120 valence electrons. The lowest BCUT2D eigenvalue weighted by Gasteiger charge is -2.36. The third-order valence-electron chi connectivity index (χ3n) is 5.54. The molecule has 1 saturated heterocycles. The van der Waals surface area contributed by atoms with Gasteiger partial charge in [0.15, 0.2) is 0 Å². The Labute approximate surface area is 128 Å². The highest BCUT2D eigenvalue weighted by molar-refractivity contribution is 5.86. The highest BCUT2D eigenvalue weighted by atomic mass is 16.1. The van der Waals surface area contributed by atoms with Gasteiger partial charge in [-0.15, -0.1) is 0 Å². The van der Waals surface area contributed by atoms with E-state index in [9.17, 15) is 4.79 Å². The number of primary amides is 1. The quantitative estimate of drug-likeness (QED) is 0.707. The second kappa shape index (κ2) is 5.52. The number of carbonyl (C=O) groups is 1. The number of nitrogens with two attached hydrogens (primary N) is 1. The van der Waals surface area contributed by atoms with Gasteiger partial charge in [0.2, 0.25) is 5.91 Å². The van der Waals surface area contributed by atoms with Crippen LogP contribution in [-0.2, 0) is 4.79 Å². The Hall–Kier alpha value is -0.650. The molecule has 0 aromatic rings. The number of nitrogens with zero attached hydrogens (tertiary/aromatic N) is 2. The molecule has 2 aliphatic carbocycles. The van der Waals surface area contributed by atoms with Gasteiger partial charge in [-0.2, -0.15) is 0 Å². The van der Waals surface area contributed by atoms with E-state index in [1.807, 2.05) is 0 Å². The average molecular weight is 294 g/mol. The van der Waals surface area contributed by atoms with Crippen LogP contribution >= 0.6 is 0 Å². The summed E-state index contributed by atoms with van der Waals surface area (Å²) in [5, 5.41) is 3.62. The topological polar surface area (TPSA) is 61.6 Å². The van der Waals surface area contributed by atoms with Crippen LogP contribution in [0.25, 0.3) is 0 Å². The first-order chi connectivity index (χ1) is 9.92. The maximum absolute atomic E-state index is 12.3. The molecule has 3 unspecified atom stereocenters. The summed E-state index contributed by atoms with van der Waals surface area (Å²) in [7, 11) is 4.30. The van der Waals surface area contributed by atoms with Crippen molar-refractivity contribution in [3.63, 3.8) is 0 Å². The highest BCUT2D eigenvalue weighted by Gasteiger charge is 2.53. The minimum atomic E-state index is -0.484. The van der Waals surface area contributed by atoms with Crippen LogP contribution in [0.15, 0.2) is 0 Å². The van der Waals surface area contributed by atoms with Crippen LogP contribution < -0.4 is 11.1 Å². The van der Waals surface area contributed by atoms with Crippen molar-refractivity contribution in [1.29, 1.82) is 0 Å². The monoisotopic (exact) mass is 294 g/mol. The lowest BCUT2D eigenvalue weighted by atomic mass is 9.91. The molecule has 0 spiro atoms. The molecule has 0 aromatic heterocycles. The van der Waals surface area contributed by atoms with Gasteiger partial charge in [0.1, 0.15) is 5.54 Å². The summed E-state index contributed by atoms with van der Waals surface area (Å²) in [4.78, 5) is 17.0. The van der Waals surface area contributed by atoms with E-state index in [1.54, 1.807) is 0 Å². The normalized spacial score (nSPS) is 33.3. The van der Waals surface area contributed by atoms with E-state index >= 15 is 0 Å². The Balaban J connectivity index is 1.71. The van der Waals surface area contributed by atoms with Gasteiger partial charge < -0.3 is 10.6 Å². The standard InChI is InChI=1S/C16H30N4O/c1-11-8-20(9-14(11)19(2)3)10-16(15(17)21,12-4-5-12)18-13-6-7-13/h11-14,18H,4-10H2,1-3H3,(H2,17,21). The van der Waals surface area contributed by atoms with Gasteiger partial charge in [-0.05, 0) is 51.6 Å². The molecule has 0 bridgehead atoms. The molecule has 1 amide bonds. The lowest BCUT2D eigenvalue weighted by molar-refractivity contribution is -0.126. The van der Waals surface area contributed by atoms with Crippen LogP contribution in [0.4, 0.5) is 0 Å². The minimum absolute atomic E-state index is 0.141. The van der Waals surface area contributed by atoms with Crippen LogP contribution in [0, 0.1) is 11.8 Å². The number of likely N-dealkylation sites (tertiary alicyclic amines) is 1. The van der Waals surface area contributed by atoms with Gasteiger partial charge in [-0.3, -0.25) is 15.0 Å². The number of amides is 1. The first-order valence-electron chi connectivity index (χ1n) is 8.39. The van der Waals surface area contributed by atoms with Gasteiger partial charge in [-0.25, -0.2) is 0 Å². The lowest BCUT2D eigenvalue weighted by Crippen LogP contribution is -2.63. The third-order valence-corrected chi connectivity index (χ3v) is 5.54. The summed E-state index contributed by atoms with van der Waals surface area (Å²) in [5.74, 6) is 0.952. The van der Waals surface area contributed by atoms with Crippen LogP contribution in [0.5, 0.6) is 0 Å². The Morgan fingerprint density at radius 3 is 2.38 bits per heavy atom. The largest absolute Gasteiger partial charge is 0.368 e. The molecule has 1 aliphatic heterocycles. The molecule has 1 heterocycles. The number of rotatable bonds is 7. The zero-order valence-corrected chi connectivity index (χ0v) is 13.6. The van der Waals surface area contributed by atoms with Crippen LogP contribution in [0.3, 0.4) is 0 Å². The van der Waals surface area contributed by atoms with E-state index in [0.29, 0.717) is 23.9 Å². The number of hydrogen-bond acceptors (Lipinski definition) is 4. The molecule has 0 radical (unpaired) electrons. The van der Waals surface area contributed by atoms with Crippen LogP contribution in [0.1, 0.15) is 32.6 Å². The third kappa shape index (κ3) is 3.10.